The molecule has 4 rings (SSSR count). The minimum atomic E-state index is -3.55. The Bertz CT molecular complexity index is 1990. The molecule has 0 saturated heterocycles. The molecule has 0 bridgehead atoms. The van der Waals surface area contributed by atoms with Gasteiger partial charge in [0.05, 0.1) is 31.1 Å². The Morgan fingerprint density at radius 1 is 0.855 bits per heavy atom. The number of carbonyl (C=O) groups is 1. The largest absolute Gasteiger partial charge is 0.508 e. The fourth-order valence-electron chi connectivity index (χ4n) is 5.99. The van der Waals surface area contributed by atoms with Gasteiger partial charge in [-0.2, -0.15) is 0 Å². The molecule has 4 N–H and O–H groups in total. The number of hydrogen-bond acceptors (Lipinski definition) is 7. The molecule has 0 spiro atoms. The van der Waals surface area contributed by atoms with E-state index in [2.05, 4.69) is 82.1 Å². The molecule has 11 heteroatoms. The molecule has 0 aliphatic heterocycles. The van der Waals surface area contributed by atoms with Crippen LogP contribution in [0.1, 0.15) is 82.7 Å². The van der Waals surface area contributed by atoms with Gasteiger partial charge >= 0.3 is 0 Å². The first-order valence-electron chi connectivity index (χ1n) is 19.1. The molecule has 4 aromatic rings. The summed E-state index contributed by atoms with van der Waals surface area (Å²) in [6.07, 6.45) is 3.61. The van der Waals surface area contributed by atoms with E-state index in [9.17, 15) is 18.3 Å². The second kappa shape index (κ2) is 18.6. The lowest BCUT2D eigenvalue weighted by Gasteiger charge is -2.40. The van der Waals surface area contributed by atoms with E-state index < -0.39 is 18.3 Å². The molecule has 0 unspecified atom stereocenters. The van der Waals surface area contributed by atoms with Crippen LogP contribution in [0.25, 0.3) is 11.1 Å². The molecule has 298 valence electrons. The van der Waals surface area contributed by atoms with E-state index in [1.165, 1.54) is 0 Å². The van der Waals surface area contributed by atoms with Crippen molar-refractivity contribution in [3.63, 3.8) is 0 Å². The topological polar surface area (TPSA) is 126 Å². The van der Waals surface area contributed by atoms with Gasteiger partial charge in [0.25, 0.3) is 0 Å². The SMILES string of the molecule is CCCCOc1ccc([C@H](CNC(C)(C)Cc2cccc(CC(=O)NCc3cccc(-c4ccc(O)cc4)c3)c2)O[Si](C)(C)C(C)(C)C)cc1NS(C)(=O)=O. The molecule has 55 heavy (non-hydrogen) atoms. The highest BCUT2D eigenvalue weighted by Crippen LogP contribution is 2.41. The van der Waals surface area contributed by atoms with Crippen molar-refractivity contribution in [2.75, 3.05) is 24.1 Å². The van der Waals surface area contributed by atoms with Crippen LogP contribution in [0.4, 0.5) is 5.69 Å². The average molecular weight is 788 g/mol. The summed E-state index contributed by atoms with van der Waals surface area (Å²) in [7, 11) is -5.80. The molecule has 0 radical (unpaired) electrons. The van der Waals surface area contributed by atoms with Crippen LogP contribution >= 0.6 is 0 Å². The fraction of sp³-hybridized carbons (Fsp3) is 0.432. The van der Waals surface area contributed by atoms with Gasteiger partial charge < -0.3 is 24.9 Å². The number of hydrogen-bond donors (Lipinski definition) is 4. The summed E-state index contributed by atoms with van der Waals surface area (Å²) in [6.45, 7) is 18.9. The van der Waals surface area contributed by atoms with Crippen molar-refractivity contribution in [3.05, 3.63) is 113 Å². The molecule has 0 fully saturated rings. The van der Waals surface area contributed by atoms with Gasteiger partial charge in [0.2, 0.25) is 15.9 Å². The van der Waals surface area contributed by atoms with Crippen molar-refractivity contribution in [1.29, 1.82) is 0 Å². The van der Waals surface area contributed by atoms with E-state index in [-0.39, 0.29) is 34.8 Å². The maximum atomic E-state index is 13.1. The Labute approximate surface area is 330 Å². The van der Waals surface area contributed by atoms with Gasteiger partial charge in [-0.15, -0.1) is 0 Å². The first-order valence-corrected chi connectivity index (χ1v) is 23.9. The number of nitrogens with one attached hydrogen (secondary N) is 3. The van der Waals surface area contributed by atoms with Crippen molar-refractivity contribution in [2.24, 2.45) is 0 Å². The van der Waals surface area contributed by atoms with Crippen LogP contribution in [0, 0.1) is 0 Å². The number of anilines is 1. The summed E-state index contributed by atoms with van der Waals surface area (Å²) in [4.78, 5) is 13.1. The number of ether oxygens (including phenoxy) is 1. The lowest BCUT2D eigenvalue weighted by molar-refractivity contribution is -0.120. The summed E-state index contributed by atoms with van der Waals surface area (Å²) < 4.78 is 40.4. The first-order chi connectivity index (χ1) is 25.7. The number of phenolic OH excluding ortho intramolecular Hbond substituents is 1. The number of phenols is 1. The monoisotopic (exact) mass is 787 g/mol. The van der Waals surface area contributed by atoms with E-state index in [0.29, 0.717) is 37.6 Å². The fourth-order valence-corrected chi connectivity index (χ4v) is 7.84. The zero-order valence-electron chi connectivity index (χ0n) is 34.1. The Morgan fingerprint density at radius 3 is 2.20 bits per heavy atom. The van der Waals surface area contributed by atoms with Crippen LogP contribution in [0.3, 0.4) is 0 Å². The summed E-state index contributed by atoms with van der Waals surface area (Å²) >= 11 is 0. The Morgan fingerprint density at radius 2 is 1.53 bits per heavy atom. The summed E-state index contributed by atoms with van der Waals surface area (Å²) in [6, 6.07) is 28.9. The normalized spacial score (nSPS) is 13.0. The van der Waals surface area contributed by atoms with Gasteiger partial charge in [0, 0.05) is 18.6 Å². The maximum absolute atomic E-state index is 13.1. The molecular formula is C44H61N3O6SSi. The number of benzene rings is 4. The molecule has 9 nitrogen and oxygen atoms in total. The highest BCUT2D eigenvalue weighted by Gasteiger charge is 2.40. The van der Waals surface area contributed by atoms with Gasteiger partial charge in [-0.1, -0.05) is 94.8 Å². The highest BCUT2D eigenvalue weighted by molar-refractivity contribution is 7.92. The van der Waals surface area contributed by atoms with E-state index >= 15 is 0 Å². The standard InChI is InChI=1S/C44H61N3O6SSi/c1-10-11-24-52-40-23-20-37(28-39(40)47-54(7,50)51)41(53-55(8,9)43(2,3)4)31-46-44(5,6)29-33-15-12-14-32(25-33)27-42(49)45-30-34-16-13-17-36(26-34)35-18-21-38(48)22-19-35/h12-23,25-26,28,41,46-48H,10-11,24,27,29-31H2,1-9H3,(H,45,49)/t41-/m0/s1. The number of unbranched alkanes of at least 4 members (excludes halogenated alkanes) is 1. The van der Waals surface area contributed by atoms with E-state index in [4.69, 9.17) is 9.16 Å². The Balaban J connectivity index is 1.44. The highest BCUT2D eigenvalue weighted by atomic mass is 32.2. The summed E-state index contributed by atoms with van der Waals surface area (Å²) in [5.74, 6) is 0.667. The smallest absolute Gasteiger partial charge is 0.229 e. The molecule has 4 aromatic carbocycles. The van der Waals surface area contributed by atoms with Crippen LogP contribution in [0.5, 0.6) is 11.5 Å². The van der Waals surface area contributed by atoms with Crippen molar-refractivity contribution < 1.29 is 27.5 Å². The lowest BCUT2D eigenvalue weighted by atomic mass is 9.93. The molecule has 0 heterocycles. The van der Waals surface area contributed by atoms with Crippen molar-refractivity contribution in [3.8, 4) is 22.6 Å². The van der Waals surface area contributed by atoms with E-state index in [1.807, 2.05) is 66.7 Å². The predicted molar refractivity (Wildman–Crippen MR) is 228 cm³/mol. The minimum Gasteiger partial charge on any atom is -0.508 e. The molecule has 0 saturated carbocycles. The number of carbonyl (C=O) groups excluding carboxylic acids is 1. The van der Waals surface area contributed by atoms with Crippen molar-refractivity contribution in [2.45, 2.75) is 104 Å². The van der Waals surface area contributed by atoms with Gasteiger partial charge in [-0.05, 0) is 109 Å². The Kier molecular flexibility index (Phi) is 14.8. The molecule has 1 amide bonds. The first kappa shape index (κ1) is 43.6. The van der Waals surface area contributed by atoms with Crippen LogP contribution in [0.15, 0.2) is 91.0 Å². The molecule has 1 atom stereocenters. The third kappa shape index (κ3) is 13.8. The van der Waals surface area contributed by atoms with Crippen molar-refractivity contribution in [1.82, 2.24) is 10.6 Å². The summed E-state index contributed by atoms with van der Waals surface area (Å²) in [5.41, 5.74) is 5.99. The summed E-state index contributed by atoms with van der Waals surface area (Å²) in [5, 5.41) is 16.4. The van der Waals surface area contributed by atoms with Crippen LogP contribution in [-0.4, -0.2) is 52.7 Å². The number of aromatic hydroxyl groups is 1. The Hall–Kier alpha value is -4.16. The quantitative estimate of drug-likeness (QED) is 0.0552. The third-order valence-corrected chi connectivity index (χ3v) is 15.1. The predicted octanol–water partition coefficient (Wildman–Crippen LogP) is 9.14. The second-order valence-electron chi connectivity index (χ2n) is 16.7. The zero-order chi connectivity index (χ0) is 40.4. The van der Waals surface area contributed by atoms with Crippen LogP contribution < -0.4 is 20.1 Å². The van der Waals surface area contributed by atoms with E-state index in [0.717, 1.165) is 52.5 Å². The van der Waals surface area contributed by atoms with Crippen LogP contribution in [0.2, 0.25) is 18.1 Å². The second-order valence-corrected chi connectivity index (χ2v) is 23.2. The number of sulfonamides is 1. The number of rotatable bonds is 19. The van der Waals surface area contributed by atoms with Gasteiger partial charge in [0.1, 0.15) is 11.5 Å². The van der Waals surface area contributed by atoms with Gasteiger partial charge in [-0.3, -0.25) is 9.52 Å². The molecule has 0 aliphatic carbocycles. The van der Waals surface area contributed by atoms with Gasteiger partial charge in [-0.25, -0.2) is 8.42 Å². The molecular weight excluding hydrogens is 727 g/mol. The molecule has 0 aliphatic rings. The third-order valence-electron chi connectivity index (χ3n) is 10.1. The van der Waals surface area contributed by atoms with Crippen molar-refractivity contribution >= 4 is 29.9 Å². The number of amides is 1. The average Bonchev–Trinajstić information content (AvgIpc) is 3.09. The molecule has 0 aromatic heterocycles. The minimum absolute atomic E-state index is 0.0393. The maximum Gasteiger partial charge on any atom is 0.229 e. The van der Waals surface area contributed by atoms with Crippen LogP contribution in [-0.2, 0) is 38.6 Å². The lowest BCUT2D eigenvalue weighted by Crippen LogP contribution is -2.47. The zero-order valence-corrected chi connectivity index (χ0v) is 35.9. The van der Waals surface area contributed by atoms with E-state index in [1.54, 1.807) is 12.1 Å². The van der Waals surface area contributed by atoms with Gasteiger partial charge in [0.15, 0.2) is 8.32 Å².